The van der Waals surface area contributed by atoms with Crippen LogP contribution in [0.1, 0.15) is 58.8 Å². The molecule has 0 aromatic heterocycles. The first-order valence-corrected chi connectivity index (χ1v) is 5.87. The van der Waals surface area contributed by atoms with Crippen molar-refractivity contribution in [2.45, 2.75) is 58.8 Å². The van der Waals surface area contributed by atoms with Crippen molar-refractivity contribution in [1.29, 1.82) is 0 Å². The molecule has 0 radical (unpaired) electrons. The van der Waals surface area contributed by atoms with Crippen molar-refractivity contribution in [3.63, 3.8) is 0 Å². The predicted molar refractivity (Wildman–Crippen MR) is 58.6 cm³/mol. The van der Waals surface area contributed by atoms with Crippen molar-refractivity contribution in [1.82, 2.24) is 0 Å². The third-order valence-electron chi connectivity index (χ3n) is 3.75. The molecule has 0 spiro atoms. The first-order chi connectivity index (χ1) is 6.17. The van der Waals surface area contributed by atoms with Crippen LogP contribution in [-0.2, 0) is 0 Å². The molecule has 0 aromatic rings. The van der Waals surface area contributed by atoms with E-state index in [9.17, 15) is 0 Å². The Morgan fingerprint density at radius 1 is 1.08 bits per heavy atom. The molecule has 1 aliphatic carbocycles. The highest BCUT2D eigenvalue weighted by atomic mass is 14.5. The van der Waals surface area contributed by atoms with E-state index in [0.717, 1.165) is 12.5 Å². The van der Waals surface area contributed by atoms with Crippen molar-refractivity contribution < 1.29 is 0 Å². The number of rotatable bonds is 3. The summed E-state index contributed by atoms with van der Waals surface area (Å²) in [6, 6.07) is 0. The van der Waals surface area contributed by atoms with Gasteiger partial charge in [0.25, 0.3) is 0 Å². The number of hydrogen-bond acceptors (Lipinski definition) is 1. The van der Waals surface area contributed by atoms with Gasteiger partial charge in [-0.3, -0.25) is 0 Å². The summed E-state index contributed by atoms with van der Waals surface area (Å²) in [5.74, 6) is 0.929. The molecule has 0 unspecified atom stereocenters. The SMILES string of the molecule is CC(C)(CCN)C1CCCCCC1. The van der Waals surface area contributed by atoms with Gasteiger partial charge in [-0.25, -0.2) is 0 Å². The predicted octanol–water partition coefficient (Wildman–Crippen LogP) is 3.33. The zero-order valence-corrected chi connectivity index (χ0v) is 9.31. The fourth-order valence-electron chi connectivity index (χ4n) is 2.64. The topological polar surface area (TPSA) is 26.0 Å². The molecule has 0 bridgehead atoms. The molecule has 1 fully saturated rings. The molecule has 0 atom stereocenters. The molecule has 13 heavy (non-hydrogen) atoms. The molecule has 1 rings (SSSR count). The lowest BCUT2D eigenvalue weighted by Gasteiger charge is -2.33. The van der Waals surface area contributed by atoms with Gasteiger partial charge in [0.05, 0.1) is 0 Å². The highest BCUT2D eigenvalue weighted by Gasteiger charge is 2.28. The summed E-state index contributed by atoms with van der Waals surface area (Å²) in [5, 5.41) is 0. The standard InChI is InChI=1S/C12H25N/c1-12(2,9-10-13)11-7-5-3-4-6-8-11/h11H,3-10,13H2,1-2H3. The molecule has 0 amide bonds. The lowest BCUT2D eigenvalue weighted by Crippen LogP contribution is -2.26. The maximum Gasteiger partial charge on any atom is -0.00721 e. The Morgan fingerprint density at radius 3 is 2.08 bits per heavy atom. The lowest BCUT2D eigenvalue weighted by molar-refractivity contribution is 0.177. The van der Waals surface area contributed by atoms with Crippen LogP contribution in [0.4, 0.5) is 0 Å². The summed E-state index contributed by atoms with van der Waals surface area (Å²) in [5.41, 5.74) is 6.15. The van der Waals surface area contributed by atoms with Gasteiger partial charge in [-0.05, 0) is 37.1 Å². The van der Waals surface area contributed by atoms with Crippen LogP contribution in [0.25, 0.3) is 0 Å². The minimum Gasteiger partial charge on any atom is -0.330 e. The Hall–Kier alpha value is -0.0400. The van der Waals surface area contributed by atoms with E-state index < -0.39 is 0 Å². The van der Waals surface area contributed by atoms with Gasteiger partial charge in [0, 0.05) is 0 Å². The van der Waals surface area contributed by atoms with Crippen LogP contribution in [0.15, 0.2) is 0 Å². The molecule has 0 aliphatic heterocycles. The Kier molecular flexibility index (Phi) is 4.24. The summed E-state index contributed by atoms with van der Waals surface area (Å²) in [4.78, 5) is 0. The maximum absolute atomic E-state index is 5.66. The van der Waals surface area contributed by atoms with E-state index >= 15 is 0 Å². The van der Waals surface area contributed by atoms with Gasteiger partial charge >= 0.3 is 0 Å². The highest BCUT2D eigenvalue weighted by molar-refractivity contribution is 4.80. The molecule has 1 aliphatic rings. The summed E-state index contributed by atoms with van der Waals surface area (Å²) in [6.07, 6.45) is 9.86. The molecular formula is C12H25N. The second-order valence-electron chi connectivity index (χ2n) is 5.22. The van der Waals surface area contributed by atoms with Crippen molar-refractivity contribution in [2.75, 3.05) is 6.54 Å². The molecule has 2 N–H and O–H groups in total. The third kappa shape index (κ3) is 3.30. The maximum atomic E-state index is 5.66. The van der Waals surface area contributed by atoms with Crippen LogP contribution in [0.5, 0.6) is 0 Å². The quantitative estimate of drug-likeness (QED) is 0.667. The zero-order valence-electron chi connectivity index (χ0n) is 9.31. The van der Waals surface area contributed by atoms with Crippen LogP contribution in [0.2, 0.25) is 0 Å². The van der Waals surface area contributed by atoms with Crippen LogP contribution < -0.4 is 5.73 Å². The van der Waals surface area contributed by atoms with E-state index in [1.165, 1.54) is 44.9 Å². The molecule has 0 aromatic carbocycles. The van der Waals surface area contributed by atoms with Gasteiger partial charge in [0.1, 0.15) is 0 Å². The first kappa shape index (κ1) is 11.0. The van der Waals surface area contributed by atoms with Crippen molar-refractivity contribution >= 4 is 0 Å². The Morgan fingerprint density at radius 2 is 1.62 bits per heavy atom. The number of nitrogens with two attached hydrogens (primary N) is 1. The summed E-state index contributed by atoms with van der Waals surface area (Å²) in [6.45, 7) is 5.65. The average molecular weight is 183 g/mol. The van der Waals surface area contributed by atoms with Gasteiger partial charge in [0.2, 0.25) is 0 Å². The van der Waals surface area contributed by atoms with Crippen molar-refractivity contribution in [3.8, 4) is 0 Å². The largest absolute Gasteiger partial charge is 0.330 e. The Labute approximate surface area is 83.1 Å². The van der Waals surface area contributed by atoms with E-state index in [1.807, 2.05) is 0 Å². The highest BCUT2D eigenvalue weighted by Crippen LogP contribution is 2.39. The monoisotopic (exact) mass is 183 g/mol. The summed E-state index contributed by atoms with van der Waals surface area (Å²) < 4.78 is 0. The van der Waals surface area contributed by atoms with Crippen LogP contribution in [0, 0.1) is 11.3 Å². The minimum atomic E-state index is 0.485. The van der Waals surface area contributed by atoms with Crippen molar-refractivity contribution in [3.05, 3.63) is 0 Å². The summed E-state index contributed by atoms with van der Waals surface area (Å²) >= 11 is 0. The molecule has 78 valence electrons. The lowest BCUT2D eigenvalue weighted by atomic mass is 9.72. The fraction of sp³-hybridized carbons (Fsp3) is 1.00. The molecule has 1 saturated carbocycles. The van der Waals surface area contributed by atoms with E-state index in [4.69, 9.17) is 5.73 Å². The van der Waals surface area contributed by atoms with Crippen LogP contribution >= 0.6 is 0 Å². The van der Waals surface area contributed by atoms with Gasteiger partial charge in [0.15, 0.2) is 0 Å². The first-order valence-electron chi connectivity index (χ1n) is 5.87. The smallest absolute Gasteiger partial charge is 0.00721 e. The minimum absolute atomic E-state index is 0.485. The van der Waals surface area contributed by atoms with E-state index in [2.05, 4.69) is 13.8 Å². The molecule has 0 heterocycles. The zero-order chi connectivity index (χ0) is 9.73. The second-order valence-corrected chi connectivity index (χ2v) is 5.22. The van der Waals surface area contributed by atoms with E-state index in [0.29, 0.717) is 5.41 Å². The number of hydrogen-bond donors (Lipinski definition) is 1. The van der Waals surface area contributed by atoms with Gasteiger partial charge in [-0.2, -0.15) is 0 Å². The van der Waals surface area contributed by atoms with Crippen molar-refractivity contribution in [2.24, 2.45) is 17.1 Å². The second kappa shape index (κ2) is 4.99. The molecular weight excluding hydrogens is 158 g/mol. The van der Waals surface area contributed by atoms with Gasteiger partial charge in [-0.15, -0.1) is 0 Å². The average Bonchev–Trinajstić information content (AvgIpc) is 2.31. The Bertz CT molecular complexity index is 132. The van der Waals surface area contributed by atoms with Crippen LogP contribution in [0.3, 0.4) is 0 Å². The third-order valence-corrected chi connectivity index (χ3v) is 3.75. The van der Waals surface area contributed by atoms with Crippen LogP contribution in [-0.4, -0.2) is 6.54 Å². The normalized spacial score (nSPS) is 21.5. The fourth-order valence-corrected chi connectivity index (χ4v) is 2.64. The molecule has 0 saturated heterocycles. The van der Waals surface area contributed by atoms with E-state index in [-0.39, 0.29) is 0 Å². The van der Waals surface area contributed by atoms with E-state index in [1.54, 1.807) is 0 Å². The molecule has 1 heteroatoms. The Balaban J connectivity index is 2.46. The van der Waals surface area contributed by atoms with Gasteiger partial charge < -0.3 is 5.73 Å². The van der Waals surface area contributed by atoms with Gasteiger partial charge in [-0.1, -0.05) is 39.5 Å². The molecule has 1 nitrogen and oxygen atoms in total. The summed E-state index contributed by atoms with van der Waals surface area (Å²) in [7, 11) is 0.